The van der Waals surface area contributed by atoms with Crippen molar-refractivity contribution >= 4 is 11.9 Å². The molecule has 1 atom stereocenters. The minimum absolute atomic E-state index is 0.200. The van der Waals surface area contributed by atoms with E-state index in [4.69, 9.17) is 0 Å². The molecular weight excluding hydrogens is 244 g/mol. The number of hydrogen-bond acceptors (Lipinski definition) is 3. The molecule has 0 aromatic carbocycles. The molecule has 1 saturated heterocycles. The Morgan fingerprint density at radius 2 is 2.05 bits per heavy atom. The van der Waals surface area contributed by atoms with Gasteiger partial charge in [-0.2, -0.15) is 0 Å². The largest absolute Gasteiger partial charge is 0.480 e. The van der Waals surface area contributed by atoms with Crippen molar-refractivity contribution in [3.05, 3.63) is 0 Å². The molecule has 1 amide bonds. The van der Waals surface area contributed by atoms with Gasteiger partial charge in [-0.15, -0.1) is 0 Å². The van der Waals surface area contributed by atoms with Crippen LogP contribution in [0.1, 0.15) is 39.0 Å². The predicted molar refractivity (Wildman–Crippen MR) is 71.8 cm³/mol. The molecule has 1 N–H and O–H groups in total. The third-order valence-corrected chi connectivity index (χ3v) is 4.76. The standard InChI is InChI=1S/C14H24N2O3/c1-3-16-9-4-6-11(16)10-15(2)12(17)14(13(18)19)7-5-8-14/h11H,3-10H2,1-2H3,(H,18,19). The third kappa shape index (κ3) is 2.48. The Balaban J connectivity index is 1.97. The summed E-state index contributed by atoms with van der Waals surface area (Å²) in [6.07, 6.45) is 4.11. The molecular formula is C14H24N2O3. The number of carboxylic acids is 1. The highest BCUT2D eigenvalue weighted by Crippen LogP contribution is 2.42. The number of aliphatic carboxylic acids is 1. The molecule has 108 valence electrons. The lowest BCUT2D eigenvalue weighted by Gasteiger charge is -2.40. The van der Waals surface area contributed by atoms with Gasteiger partial charge >= 0.3 is 5.97 Å². The molecule has 0 aromatic rings. The predicted octanol–water partition coefficient (Wildman–Crippen LogP) is 1.18. The second kappa shape index (κ2) is 5.49. The van der Waals surface area contributed by atoms with E-state index in [2.05, 4.69) is 11.8 Å². The first-order valence-electron chi connectivity index (χ1n) is 7.24. The zero-order valence-electron chi connectivity index (χ0n) is 11.9. The molecule has 19 heavy (non-hydrogen) atoms. The summed E-state index contributed by atoms with van der Waals surface area (Å²) in [6.45, 7) is 4.87. The fraction of sp³-hybridized carbons (Fsp3) is 0.857. The van der Waals surface area contributed by atoms with Crippen LogP contribution < -0.4 is 0 Å². The van der Waals surface area contributed by atoms with Crippen LogP contribution in [0.5, 0.6) is 0 Å². The molecule has 1 heterocycles. The van der Waals surface area contributed by atoms with E-state index in [9.17, 15) is 14.7 Å². The van der Waals surface area contributed by atoms with Crippen LogP contribution in [-0.4, -0.2) is 59.5 Å². The Kier molecular flexibility index (Phi) is 4.13. The molecule has 2 aliphatic rings. The van der Waals surface area contributed by atoms with Crippen molar-refractivity contribution in [2.75, 3.05) is 26.7 Å². The van der Waals surface area contributed by atoms with E-state index in [0.29, 0.717) is 25.4 Å². The number of nitrogens with zero attached hydrogens (tertiary/aromatic N) is 2. The van der Waals surface area contributed by atoms with Crippen molar-refractivity contribution in [2.45, 2.75) is 45.1 Å². The number of likely N-dealkylation sites (tertiary alicyclic amines) is 1. The number of rotatable bonds is 5. The first kappa shape index (κ1) is 14.3. The second-order valence-corrected chi connectivity index (χ2v) is 5.85. The van der Waals surface area contributed by atoms with Crippen LogP contribution in [0.3, 0.4) is 0 Å². The fourth-order valence-electron chi connectivity index (χ4n) is 3.33. The maximum absolute atomic E-state index is 12.4. The first-order valence-corrected chi connectivity index (χ1v) is 7.24. The van der Waals surface area contributed by atoms with Gasteiger partial charge in [0.25, 0.3) is 0 Å². The Morgan fingerprint density at radius 3 is 2.53 bits per heavy atom. The molecule has 0 aromatic heterocycles. The number of carbonyl (C=O) groups is 2. The summed E-state index contributed by atoms with van der Waals surface area (Å²) in [5.74, 6) is -1.15. The van der Waals surface area contributed by atoms with Crippen molar-refractivity contribution in [3.63, 3.8) is 0 Å². The molecule has 0 radical (unpaired) electrons. The number of amides is 1. The molecule has 1 unspecified atom stereocenters. The summed E-state index contributed by atoms with van der Waals surface area (Å²) >= 11 is 0. The molecule has 1 aliphatic heterocycles. The summed E-state index contributed by atoms with van der Waals surface area (Å²) in [7, 11) is 1.75. The SMILES string of the molecule is CCN1CCCC1CN(C)C(=O)C1(C(=O)O)CCC1. The third-order valence-electron chi connectivity index (χ3n) is 4.76. The molecule has 1 saturated carbocycles. The molecule has 1 aliphatic carbocycles. The molecule has 2 fully saturated rings. The molecule has 5 nitrogen and oxygen atoms in total. The van der Waals surface area contributed by atoms with Gasteiger partial charge < -0.3 is 10.0 Å². The fourth-order valence-corrected chi connectivity index (χ4v) is 3.33. The van der Waals surface area contributed by atoms with Crippen molar-refractivity contribution in [1.82, 2.24) is 9.80 Å². The average molecular weight is 268 g/mol. The summed E-state index contributed by atoms with van der Waals surface area (Å²) in [5.41, 5.74) is -1.12. The Bertz CT molecular complexity index is 366. The minimum Gasteiger partial charge on any atom is -0.480 e. The van der Waals surface area contributed by atoms with Gasteiger partial charge in [-0.1, -0.05) is 13.3 Å². The van der Waals surface area contributed by atoms with Crippen molar-refractivity contribution in [3.8, 4) is 0 Å². The lowest BCUT2D eigenvalue weighted by atomic mass is 9.68. The van der Waals surface area contributed by atoms with Crippen LogP contribution >= 0.6 is 0 Å². The second-order valence-electron chi connectivity index (χ2n) is 5.85. The summed E-state index contributed by atoms with van der Waals surface area (Å²) in [4.78, 5) is 27.8. The van der Waals surface area contributed by atoms with Gasteiger partial charge in [-0.25, -0.2) is 0 Å². The Morgan fingerprint density at radius 1 is 1.37 bits per heavy atom. The van der Waals surface area contributed by atoms with Crippen LogP contribution in [0.25, 0.3) is 0 Å². The van der Waals surface area contributed by atoms with E-state index in [-0.39, 0.29) is 5.91 Å². The lowest BCUT2D eigenvalue weighted by molar-refractivity contribution is -0.167. The topological polar surface area (TPSA) is 60.9 Å². The maximum Gasteiger partial charge on any atom is 0.319 e. The average Bonchev–Trinajstić information content (AvgIpc) is 2.74. The molecule has 2 rings (SSSR count). The lowest BCUT2D eigenvalue weighted by Crippen LogP contribution is -2.53. The number of hydrogen-bond donors (Lipinski definition) is 1. The van der Waals surface area contributed by atoms with Gasteiger partial charge in [0.2, 0.25) is 5.91 Å². The highest BCUT2D eigenvalue weighted by Gasteiger charge is 2.52. The normalized spacial score (nSPS) is 25.9. The van der Waals surface area contributed by atoms with E-state index in [1.807, 2.05) is 0 Å². The quantitative estimate of drug-likeness (QED) is 0.761. The van der Waals surface area contributed by atoms with Crippen LogP contribution in [-0.2, 0) is 9.59 Å². The highest BCUT2D eigenvalue weighted by molar-refractivity contribution is 6.02. The number of carbonyl (C=O) groups excluding carboxylic acids is 1. The Hall–Kier alpha value is -1.10. The highest BCUT2D eigenvalue weighted by atomic mass is 16.4. The van der Waals surface area contributed by atoms with Gasteiger partial charge in [0.05, 0.1) is 0 Å². The molecule has 0 spiro atoms. The van der Waals surface area contributed by atoms with Gasteiger partial charge in [0.1, 0.15) is 5.41 Å². The summed E-state index contributed by atoms with van der Waals surface area (Å²) in [5, 5.41) is 9.30. The Labute approximate surface area is 114 Å². The van der Waals surface area contributed by atoms with E-state index in [0.717, 1.165) is 25.9 Å². The van der Waals surface area contributed by atoms with Gasteiger partial charge in [-0.05, 0) is 38.8 Å². The maximum atomic E-state index is 12.4. The monoisotopic (exact) mass is 268 g/mol. The zero-order chi connectivity index (χ0) is 14.0. The van der Waals surface area contributed by atoms with E-state index < -0.39 is 11.4 Å². The minimum atomic E-state index is -1.12. The van der Waals surface area contributed by atoms with Crippen LogP contribution in [0.15, 0.2) is 0 Å². The number of carboxylic acid groups (broad SMARTS) is 1. The van der Waals surface area contributed by atoms with Gasteiger partial charge in [-0.3, -0.25) is 14.5 Å². The van der Waals surface area contributed by atoms with Gasteiger partial charge in [0, 0.05) is 19.6 Å². The van der Waals surface area contributed by atoms with E-state index >= 15 is 0 Å². The van der Waals surface area contributed by atoms with E-state index in [1.165, 1.54) is 6.42 Å². The zero-order valence-corrected chi connectivity index (χ0v) is 11.9. The first-order chi connectivity index (χ1) is 9.01. The van der Waals surface area contributed by atoms with Crippen LogP contribution in [0.2, 0.25) is 0 Å². The molecule has 0 bridgehead atoms. The smallest absolute Gasteiger partial charge is 0.319 e. The molecule has 5 heteroatoms. The van der Waals surface area contributed by atoms with Crippen LogP contribution in [0.4, 0.5) is 0 Å². The van der Waals surface area contributed by atoms with Crippen LogP contribution in [0, 0.1) is 5.41 Å². The summed E-state index contributed by atoms with van der Waals surface area (Å²) < 4.78 is 0. The summed E-state index contributed by atoms with van der Waals surface area (Å²) in [6, 6.07) is 0.393. The number of likely N-dealkylation sites (N-methyl/N-ethyl adjacent to an activating group) is 2. The van der Waals surface area contributed by atoms with Crippen molar-refractivity contribution in [1.29, 1.82) is 0 Å². The van der Waals surface area contributed by atoms with E-state index in [1.54, 1.807) is 11.9 Å². The van der Waals surface area contributed by atoms with Crippen molar-refractivity contribution < 1.29 is 14.7 Å². The van der Waals surface area contributed by atoms with Crippen molar-refractivity contribution in [2.24, 2.45) is 5.41 Å². The van der Waals surface area contributed by atoms with Gasteiger partial charge in [0.15, 0.2) is 0 Å².